The van der Waals surface area contributed by atoms with Gasteiger partial charge in [-0.2, -0.15) is 0 Å². The van der Waals surface area contributed by atoms with Crippen LogP contribution in [0.25, 0.3) is 0 Å². The van der Waals surface area contributed by atoms with Gasteiger partial charge >= 0.3 is 0 Å². The van der Waals surface area contributed by atoms with E-state index in [1.165, 1.54) is 0 Å². The topological polar surface area (TPSA) is 49.3 Å². The largest absolute Gasteiger partial charge is 0.341 e. The van der Waals surface area contributed by atoms with Crippen LogP contribution in [0.1, 0.15) is 13.3 Å². The van der Waals surface area contributed by atoms with Gasteiger partial charge in [0.1, 0.15) is 0 Å². The summed E-state index contributed by atoms with van der Waals surface area (Å²) in [5, 5.41) is 0.533. The zero-order valence-electron chi connectivity index (χ0n) is 9.93. The van der Waals surface area contributed by atoms with Crippen LogP contribution in [0.2, 0.25) is 5.02 Å². The number of likely N-dealkylation sites (N-methyl/N-ethyl adjacent to an activating group) is 1. The van der Waals surface area contributed by atoms with E-state index in [2.05, 4.69) is 14.9 Å². The van der Waals surface area contributed by atoms with E-state index in [1.54, 1.807) is 24.2 Å². The Morgan fingerprint density at radius 1 is 1.53 bits per heavy atom. The monoisotopic (exact) mass is 254 g/mol. The Morgan fingerprint density at radius 2 is 2.18 bits per heavy atom. The molecule has 0 spiro atoms. The van der Waals surface area contributed by atoms with Gasteiger partial charge in [0.05, 0.1) is 23.5 Å². The minimum absolute atomic E-state index is 0.0916. The number of amides is 1. The number of hydrogen-bond acceptors (Lipinski definition) is 4. The molecule has 1 unspecified atom stereocenters. The zero-order valence-corrected chi connectivity index (χ0v) is 10.7. The first kappa shape index (κ1) is 12.1. The second-order valence-corrected chi connectivity index (χ2v) is 4.66. The summed E-state index contributed by atoms with van der Waals surface area (Å²) in [6, 6.07) is 0.242. The lowest BCUT2D eigenvalue weighted by Crippen LogP contribution is -2.37. The molecule has 6 heteroatoms. The van der Waals surface area contributed by atoms with Gasteiger partial charge in [-0.25, -0.2) is 9.97 Å². The maximum Gasteiger partial charge on any atom is 0.225 e. The van der Waals surface area contributed by atoms with Crippen molar-refractivity contribution in [1.29, 1.82) is 0 Å². The predicted octanol–water partition coefficient (Wildman–Crippen LogP) is 1.19. The lowest BCUT2D eigenvalue weighted by Gasteiger charge is -2.23. The third-order valence-electron chi connectivity index (χ3n) is 3.10. The number of carbonyl (C=O) groups excluding carboxylic acids is 1. The van der Waals surface area contributed by atoms with E-state index in [9.17, 15) is 4.79 Å². The molecule has 1 fully saturated rings. The molecular formula is C11H15ClN4O. The molecule has 1 atom stereocenters. The second-order valence-electron chi connectivity index (χ2n) is 4.22. The third kappa shape index (κ3) is 2.66. The van der Waals surface area contributed by atoms with Crippen LogP contribution < -0.4 is 4.90 Å². The molecule has 17 heavy (non-hydrogen) atoms. The number of carbonyl (C=O) groups is 1. The molecule has 5 nitrogen and oxygen atoms in total. The quantitative estimate of drug-likeness (QED) is 0.796. The highest BCUT2D eigenvalue weighted by Gasteiger charge is 2.28. The second kappa shape index (κ2) is 4.87. The molecule has 1 aliphatic rings. The number of rotatable bonds is 2. The van der Waals surface area contributed by atoms with Gasteiger partial charge in [-0.3, -0.25) is 4.79 Å². The fourth-order valence-corrected chi connectivity index (χ4v) is 2.06. The SMILES string of the molecule is CC(=O)N(C)C1CCN(c2ncc(Cl)cn2)C1. The summed E-state index contributed by atoms with van der Waals surface area (Å²) in [7, 11) is 1.83. The van der Waals surface area contributed by atoms with Crippen molar-refractivity contribution in [3.63, 3.8) is 0 Å². The maximum atomic E-state index is 11.3. The van der Waals surface area contributed by atoms with Crippen LogP contribution in [0.5, 0.6) is 0 Å². The van der Waals surface area contributed by atoms with Gasteiger partial charge in [-0.05, 0) is 6.42 Å². The van der Waals surface area contributed by atoms with Crippen LogP contribution in [0.3, 0.4) is 0 Å². The van der Waals surface area contributed by atoms with E-state index in [0.717, 1.165) is 19.5 Å². The summed E-state index contributed by atoms with van der Waals surface area (Å²) in [6.07, 6.45) is 4.12. The number of aromatic nitrogens is 2. The van der Waals surface area contributed by atoms with Crippen LogP contribution in [0.15, 0.2) is 12.4 Å². The van der Waals surface area contributed by atoms with Crippen molar-refractivity contribution in [2.75, 3.05) is 25.0 Å². The van der Waals surface area contributed by atoms with Crippen molar-refractivity contribution in [1.82, 2.24) is 14.9 Å². The van der Waals surface area contributed by atoms with Crippen molar-refractivity contribution < 1.29 is 4.79 Å². The first-order valence-electron chi connectivity index (χ1n) is 5.54. The van der Waals surface area contributed by atoms with Gasteiger partial charge in [0, 0.05) is 27.1 Å². The van der Waals surface area contributed by atoms with E-state index < -0.39 is 0 Å². The molecule has 0 aliphatic carbocycles. The molecule has 0 bridgehead atoms. The Hall–Kier alpha value is -1.36. The molecule has 0 radical (unpaired) electrons. The van der Waals surface area contributed by atoms with Gasteiger partial charge in [0.2, 0.25) is 11.9 Å². The maximum absolute atomic E-state index is 11.3. The van der Waals surface area contributed by atoms with Crippen LogP contribution in [-0.2, 0) is 4.79 Å². The zero-order chi connectivity index (χ0) is 12.4. The predicted molar refractivity (Wildman–Crippen MR) is 66.1 cm³/mol. The molecule has 2 heterocycles. The van der Waals surface area contributed by atoms with Crippen LogP contribution in [-0.4, -0.2) is 47.0 Å². The molecule has 0 aromatic carbocycles. The highest BCUT2D eigenvalue weighted by molar-refractivity contribution is 6.30. The fraction of sp³-hybridized carbons (Fsp3) is 0.545. The fourth-order valence-electron chi connectivity index (χ4n) is 1.97. The Labute approximate surface area is 105 Å². The van der Waals surface area contributed by atoms with E-state index >= 15 is 0 Å². The molecule has 2 rings (SSSR count). The standard InChI is InChI=1S/C11H15ClN4O/c1-8(17)15(2)10-3-4-16(7-10)11-13-5-9(12)6-14-11/h5-6,10H,3-4,7H2,1-2H3. The molecule has 1 aromatic heterocycles. The van der Waals surface area contributed by atoms with Crippen molar-refractivity contribution in [3.8, 4) is 0 Å². The van der Waals surface area contributed by atoms with Crippen molar-refractivity contribution >= 4 is 23.5 Å². The summed E-state index contributed by atoms with van der Waals surface area (Å²) in [5.41, 5.74) is 0. The van der Waals surface area contributed by atoms with Crippen molar-refractivity contribution in [2.45, 2.75) is 19.4 Å². The van der Waals surface area contributed by atoms with Crippen LogP contribution in [0, 0.1) is 0 Å². The number of halogens is 1. The molecule has 1 amide bonds. The lowest BCUT2D eigenvalue weighted by atomic mass is 10.2. The Kier molecular flexibility index (Phi) is 3.47. The smallest absolute Gasteiger partial charge is 0.225 e. The highest BCUT2D eigenvalue weighted by Crippen LogP contribution is 2.19. The van der Waals surface area contributed by atoms with E-state index in [1.807, 2.05) is 7.05 Å². The molecule has 92 valence electrons. The van der Waals surface area contributed by atoms with Crippen molar-refractivity contribution in [3.05, 3.63) is 17.4 Å². The average molecular weight is 255 g/mol. The average Bonchev–Trinajstić information content (AvgIpc) is 2.78. The summed E-state index contributed by atoms with van der Waals surface area (Å²) >= 11 is 5.74. The Balaban J connectivity index is 2.02. The van der Waals surface area contributed by atoms with Gasteiger partial charge in [-0.1, -0.05) is 11.6 Å². The minimum Gasteiger partial charge on any atom is -0.341 e. The normalized spacial score (nSPS) is 19.5. The Morgan fingerprint density at radius 3 is 2.76 bits per heavy atom. The first-order valence-corrected chi connectivity index (χ1v) is 5.91. The summed E-state index contributed by atoms with van der Waals surface area (Å²) in [6.45, 7) is 3.23. The van der Waals surface area contributed by atoms with Crippen molar-refractivity contribution in [2.24, 2.45) is 0 Å². The Bertz CT molecular complexity index is 408. The minimum atomic E-state index is 0.0916. The third-order valence-corrected chi connectivity index (χ3v) is 3.29. The summed E-state index contributed by atoms with van der Waals surface area (Å²) in [5.74, 6) is 0.766. The van der Waals surface area contributed by atoms with Crippen LogP contribution >= 0.6 is 11.6 Å². The number of nitrogens with zero attached hydrogens (tertiary/aromatic N) is 4. The van der Waals surface area contributed by atoms with E-state index in [-0.39, 0.29) is 11.9 Å². The lowest BCUT2D eigenvalue weighted by molar-refractivity contribution is -0.129. The molecule has 0 saturated carbocycles. The molecule has 1 aliphatic heterocycles. The number of hydrogen-bond donors (Lipinski definition) is 0. The molecule has 1 saturated heterocycles. The highest BCUT2D eigenvalue weighted by atomic mass is 35.5. The number of anilines is 1. The van der Waals surface area contributed by atoms with E-state index in [4.69, 9.17) is 11.6 Å². The molecular weight excluding hydrogens is 240 g/mol. The van der Waals surface area contributed by atoms with Gasteiger partial charge in [0.15, 0.2) is 0 Å². The van der Waals surface area contributed by atoms with E-state index in [0.29, 0.717) is 11.0 Å². The van der Waals surface area contributed by atoms with Gasteiger partial charge < -0.3 is 9.80 Å². The first-order chi connectivity index (χ1) is 8.08. The summed E-state index contributed by atoms with van der Waals surface area (Å²) in [4.78, 5) is 23.5. The molecule has 1 aromatic rings. The van der Waals surface area contributed by atoms with Gasteiger partial charge in [-0.15, -0.1) is 0 Å². The van der Waals surface area contributed by atoms with Gasteiger partial charge in [0.25, 0.3) is 0 Å². The summed E-state index contributed by atoms with van der Waals surface area (Å²) < 4.78 is 0. The van der Waals surface area contributed by atoms with Crippen LogP contribution in [0.4, 0.5) is 5.95 Å². The molecule has 0 N–H and O–H groups in total.